The zero-order valence-electron chi connectivity index (χ0n) is 8.13. The van der Waals surface area contributed by atoms with Gasteiger partial charge >= 0.3 is 6.09 Å². The Morgan fingerprint density at radius 2 is 2.15 bits per heavy atom. The number of alkyl halides is 1. The van der Waals surface area contributed by atoms with Gasteiger partial charge in [0.15, 0.2) is 0 Å². The van der Waals surface area contributed by atoms with Gasteiger partial charge in [-0.3, -0.25) is 0 Å². The van der Waals surface area contributed by atoms with Crippen LogP contribution in [0.15, 0.2) is 0 Å². The lowest BCUT2D eigenvalue weighted by atomic mass is 10.1. The maximum atomic E-state index is 11.1. The first-order valence-corrected chi connectivity index (χ1v) is 4.58. The predicted octanol–water partition coefficient (Wildman–Crippen LogP) is 1.11. The van der Waals surface area contributed by atoms with Crippen molar-refractivity contribution in [3.05, 3.63) is 0 Å². The zero-order valence-corrected chi connectivity index (χ0v) is 8.89. The topological polar surface area (TPSA) is 58.6 Å². The number of carbonyl (C=O) groups excluding carboxylic acids is 1. The van der Waals surface area contributed by atoms with Crippen molar-refractivity contribution in [3.63, 3.8) is 0 Å². The van der Waals surface area contributed by atoms with Crippen molar-refractivity contribution in [2.45, 2.75) is 32.4 Å². The second-order valence-electron chi connectivity index (χ2n) is 3.74. The summed E-state index contributed by atoms with van der Waals surface area (Å²) < 4.78 is 4.79. The summed E-state index contributed by atoms with van der Waals surface area (Å²) in [4.78, 5) is 11.1. The number of amides is 1. The highest BCUT2D eigenvalue weighted by atomic mass is 35.5. The van der Waals surface area contributed by atoms with E-state index in [0.29, 0.717) is 0 Å². The van der Waals surface area contributed by atoms with Crippen LogP contribution in [0.3, 0.4) is 0 Å². The van der Waals surface area contributed by atoms with E-state index < -0.39 is 12.2 Å². The van der Waals surface area contributed by atoms with Gasteiger partial charge in [-0.2, -0.15) is 0 Å². The van der Waals surface area contributed by atoms with Gasteiger partial charge in [-0.15, -0.1) is 11.6 Å². The molecule has 5 heteroatoms. The van der Waals surface area contributed by atoms with Crippen LogP contribution in [0.2, 0.25) is 0 Å². The first kappa shape index (κ1) is 12.5. The van der Waals surface area contributed by atoms with Gasteiger partial charge in [0.25, 0.3) is 0 Å². The van der Waals surface area contributed by atoms with Crippen molar-refractivity contribution in [1.82, 2.24) is 5.32 Å². The standard InChI is InChI=1S/C8H16ClNO3/c1-8(2,3)10-7(12)13-6(4-9)5-11/h6,11H,4-5H2,1-3H3,(H,10,12). The Morgan fingerprint density at radius 1 is 1.62 bits per heavy atom. The number of ether oxygens (including phenoxy) is 1. The molecule has 13 heavy (non-hydrogen) atoms. The maximum absolute atomic E-state index is 11.1. The van der Waals surface area contributed by atoms with E-state index in [4.69, 9.17) is 21.4 Å². The molecule has 0 aromatic rings. The van der Waals surface area contributed by atoms with Crippen molar-refractivity contribution in [3.8, 4) is 0 Å². The lowest BCUT2D eigenvalue weighted by Gasteiger charge is -2.21. The van der Waals surface area contributed by atoms with Crippen molar-refractivity contribution >= 4 is 17.7 Å². The number of rotatable bonds is 3. The number of carbonyl (C=O) groups is 1. The molecule has 0 aromatic carbocycles. The fraction of sp³-hybridized carbons (Fsp3) is 0.875. The van der Waals surface area contributed by atoms with E-state index in [0.717, 1.165) is 0 Å². The van der Waals surface area contributed by atoms with Crippen molar-refractivity contribution in [1.29, 1.82) is 0 Å². The molecule has 0 fully saturated rings. The Labute approximate surface area is 83.2 Å². The van der Waals surface area contributed by atoms with Crippen LogP contribution in [0.1, 0.15) is 20.8 Å². The maximum Gasteiger partial charge on any atom is 0.407 e. The lowest BCUT2D eigenvalue weighted by molar-refractivity contribution is 0.0654. The predicted molar refractivity (Wildman–Crippen MR) is 51.0 cm³/mol. The summed E-state index contributed by atoms with van der Waals surface area (Å²) >= 11 is 5.42. The summed E-state index contributed by atoms with van der Waals surface area (Å²) in [5.41, 5.74) is -0.344. The van der Waals surface area contributed by atoms with Gasteiger partial charge in [-0.05, 0) is 20.8 Å². The Balaban J connectivity index is 3.86. The minimum absolute atomic E-state index is 0.0913. The van der Waals surface area contributed by atoms with Crippen molar-refractivity contribution < 1.29 is 14.6 Å². The first-order chi connectivity index (χ1) is 5.89. The second-order valence-corrected chi connectivity index (χ2v) is 4.05. The third-order valence-electron chi connectivity index (χ3n) is 1.13. The van der Waals surface area contributed by atoms with Crippen LogP contribution in [0.4, 0.5) is 4.79 Å². The average Bonchev–Trinajstić information content (AvgIpc) is 1.96. The van der Waals surface area contributed by atoms with Gasteiger partial charge in [0.05, 0.1) is 12.5 Å². The monoisotopic (exact) mass is 209 g/mol. The smallest absolute Gasteiger partial charge is 0.407 e. The molecule has 0 spiro atoms. The summed E-state index contributed by atoms with van der Waals surface area (Å²) in [5.74, 6) is 0.0913. The van der Waals surface area contributed by atoms with E-state index in [2.05, 4.69) is 5.32 Å². The van der Waals surface area contributed by atoms with Gasteiger partial charge in [-0.25, -0.2) is 4.79 Å². The molecule has 1 amide bonds. The Kier molecular flexibility index (Phi) is 5.10. The molecular weight excluding hydrogens is 194 g/mol. The van der Waals surface area contributed by atoms with Crippen molar-refractivity contribution in [2.75, 3.05) is 12.5 Å². The van der Waals surface area contributed by atoms with Gasteiger partial charge in [0.2, 0.25) is 0 Å². The third kappa shape index (κ3) is 6.66. The van der Waals surface area contributed by atoms with Gasteiger partial charge in [0.1, 0.15) is 6.10 Å². The molecule has 78 valence electrons. The Hall–Kier alpha value is -0.480. The quantitative estimate of drug-likeness (QED) is 0.685. The number of nitrogens with one attached hydrogen (secondary N) is 1. The highest BCUT2D eigenvalue weighted by molar-refractivity contribution is 6.18. The number of halogens is 1. The number of hydrogen-bond donors (Lipinski definition) is 2. The molecule has 0 rings (SSSR count). The van der Waals surface area contributed by atoms with Crippen molar-refractivity contribution in [2.24, 2.45) is 0 Å². The molecule has 0 saturated carbocycles. The fourth-order valence-electron chi connectivity index (χ4n) is 0.605. The highest BCUT2D eigenvalue weighted by Gasteiger charge is 2.17. The van der Waals surface area contributed by atoms with E-state index in [-0.39, 0.29) is 18.0 Å². The summed E-state index contributed by atoms with van der Waals surface area (Å²) in [6.07, 6.45) is -1.20. The molecule has 1 atom stereocenters. The molecule has 4 nitrogen and oxygen atoms in total. The number of aliphatic hydroxyl groups is 1. The van der Waals surface area contributed by atoms with Crippen LogP contribution in [-0.2, 0) is 4.74 Å². The fourth-order valence-corrected chi connectivity index (χ4v) is 0.765. The van der Waals surface area contributed by atoms with E-state index >= 15 is 0 Å². The molecule has 0 aromatic heterocycles. The van der Waals surface area contributed by atoms with Gasteiger partial charge < -0.3 is 15.2 Å². The Bertz CT molecular complexity index is 163. The van der Waals surface area contributed by atoms with E-state index in [1.54, 1.807) is 0 Å². The molecule has 1 unspecified atom stereocenters. The number of hydrogen-bond acceptors (Lipinski definition) is 3. The largest absolute Gasteiger partial charge is 0.443 e. The summed E-state index contributed by atoms with van der Waals surface area (Å²) in [7, 11) is 0. The Morgan fingerprint density at radius 3 is 2.46 bits per heavy atom. The first-order valence-electron chi connectivity index (χ1n) is 4.04. The molecular formula is C8H16ClNO3. The molecule has 0 bridgehead atoms. The third-order valence-corrected chi connectivity index (χ3v) is 1.47. The summed E-state index contributed by atoms with van der Waals surface area (Å²) in [5, 5.41) is 11.3. The molecule has 0 aliphatic carbocycles. The van der Waals surface area contributed by atoms with E-state index in [9.17, 15) is 4.79 Å². The summed E-state index contributed by atoms with van der Waals surface area (Å²) in [6.45, 7) is 5.25. The molecule has 2 N–H and O–H groups in total. The number of aliphatic hydroxyl groups excluding tert-OH is 1. The number of alkyl carbamates (subject to hydrolysis) is 1. The lowest BCUT2D eigenvalue weighted by Crippen LogP contribution is -2.43. The van der Waals surface area contributed by atoms with Crippen LogP contribution in [0.25, 0.3) is 0 Å². The van der Waals surface area contributed by atoms with Crippen LogP contribution in [-0.4, -0.2) is 35.3 Å². The zero-order chi connectivity index (χ0) is 10.5. The molecule has 0 saturated heterocycles. The molecule has 0 radical (unpaired) electrons. The second kappa shape index (κ2) is 5.29. The van der Waals surface area contributed by atoms with E-state index in [1.165, 1.54) is 0 Å². The average molecular weight is 210 g/mol. The minimum atomic E-state index is -0.635. The summed E-state index contributed by atoms with van der Waals surface area (Å²) in [6, 6.07) is 0. The van der Waals surface area contributed by atoms with E-state index in [1.807, 2.05) is 20.8 Å². The highest BCUT2D eigenvalue weighted by Crippen LogP contribution is 2.01. The minimum Gasteiger partial charge on any atom is -0.443 e. The van der Waals surface area contributed by atoms with Crippen LogP contribution in [0.5, 0.6) is 0 Å². The molecule has 0 aliphatic rings. The van der Waals surface area contributed by atoms with Crippen LogP contribution < -0.4 is 5.32 Å². The molecule has 0 heterocycles. The SMILES string of the molecule is CC(C)(C)NC(=O)OC(CO)CCl. The van der Waals surface area contributed by atoms with Gasteiger partial charge in [-0.1, -0.05) is 0 Å². The molecule has 0 aliphatic heterocycles. The normalized spacial score (nSPS) is 13.6. The van der Waals surface area contributed by atoms with Crippen LogP contribution >= 0.6 is 11.6 Å². The van der Waals surface area contributed by atoms with Gasteiger partial charge in [0, 0.05) is 5.54 Å². The van der Waals surface area contributed by atoms with Crippen LogP contribution in [0, 0.1) is 0 Å².